The van der Waals surface area contributed by atoms with E-state index in [-0.39, 0.29) is 29.7 Å². The van der Waals surface area contributed by atoms with Crippen LogP contribution in [-0.4, -0.2) is 46.5 Å². The molecular formula is C15H22N2O4. The van der Waals surface area contributed by atoms with Crippen LogP contribution in [0.2, 0.25) is 0 Å². The number of hydrogen-bond donors (Lipinski definition) is 0. The zero-order valence-corrected chi connectivity index (χ0v) is 12.9. The molecular weight excluding hydrogens is 272 g/mol. The monoisotopic (exact) mass is 294 g/mol. The number of ether oxygens (including phenoxy) is 2. The topological polar surface area (TPSA) is 59.1 Å². The molecule has 3 rings (SSSR count). The predicted molar refractivity (Wildman–Crippen MR) is 75.3 cm³/mol. The zero-order valence-electron chi connectivity index (χ0n) is 12.9. The van der Waals surface area contributed by atoms with Crippen LogP contribution in [0, 0.1) is 5.41 Å². The maximum Gasteiger partial charge on any atom is 0.429 e. The van der Waals surface area contributed by atoms with Crippen molar-refractivity contribution in [3.05, 3.63) is 12.2 Å². The fourth-order valence-corrected chi connectivity index (χ4v) is 3.34. The Labute approximate surface area is 124 Å². The van der Waals surface area contributed by atoms with Crippen LogP contribution >= 0.6 is 0 Å². The van der Waals surface area contributed by atoms with Crippen molar-refractivity contribution >= 4 is 12.2 Å². The Bertz CT molecular complexity index is 456. The van der Waals surface area contributed by atoms with Gasteiger partial charge in [-0.15, -0.1) is 0 Å². The summed E-state index contributed by atoms with van der Waals surface area (Å²) in [7, 11) is 0. The van der Waals surface area contributed by atoms with Gasteiger partial charge in [0.15, 0.2) is 0 Å². The van der Waals surface area contributed by atoms with Gasteiger partial charge in [0.1, 0.15) is 0 Å². The van der Waals surface area contributed by atoms with Gasteiger partial charge in [-0.2, -0.15) is 0 Å². The molecule has 1 saturated carbocycles. The molecule has 1 saturated heterocycles. The maximum atomic E-state index is 12.4. The second-order valence-electron chi connectivity index (χ2n) is 6.56. The molecule has 0 aromatic heterocycles. The summed E-state index contributed by atoms with van der Waals surface area (Å²) in [6.45, 7) is 7.19. The van der Waals surface area contributed by atoms with Crippen LogP contribution in [-0.2, 0) is 9.47 Å². The van der Waals surface area contributed by atoms with E-state index in [0.717, 1.165) is 12.8 Å². The minimum absolute atomic E-state index is 0.00794. The number of hydrazine groups is 1. The highest BCUT2D eigenvalue weighted by molar-refractivity contribution is 5.78. The smallest absolute Gasteiger partial charge is 0.429 e. The normalized spacial score (nSPS) is 27.9. The summed E-state index contributed by atoms with van der Waals surface area (Å²) in [5.74, 6) is 0. The molecule has 0 aromatic carbocycles. The first-order chi connectivity index (χ1) is 9.86. The summed E-state index contributed by atoms with van der Waals surface area (Å²) in [5.41, 5.74) is -0.00794. The summed E-state index contributed by atoms with van der Waals surface area (Å²) in [5, 5.41) is 2.89. The number of nitrogens with zero attached hydrogens (tertiary/aromatic N) is 2. The van der Waals surface area contributed by atoms with Gasteiger partial charge >= 0.3 is 12.2 Å². The van der Waals surface area contributed by atoms with Crippen LogP contribution in [0.1, 0.15) is 40.5 Å². The van der Waals surface area contributed by atoms with Crippen LogP contribution in [0.3, 0.4) is 0 Å². The number of rotatable bonds is 2. The Kier molecular flexibility index (Phi) is 3.15. The third kappa shape index (κ3) is 2.08. The molecule has 1 aliphatic heterocycles. The van der Waals surface area contributed by atoms with E-state index in [1.54, 1.807) is 27.7 Å². The van der Waals surface area contributed by atoms with E-state index in [2.05, 4.69) is 0 Å². The Morgan fingerprint density at radius 1 is 0.952 bits per heavy atom. The Morgan fingerprint density at radius 2 is 1.33 bits per heavy atom. The lowest BCUT2D eigenvalue weighted by Crippen LogP contribution is -2.52. The summed E-state index contributed by atoms with van der Waals surface area (Å²) < 4.78 is 10.6. The molecule has 2 fully saturated rings. The van der Waals surface area contributed by atoms with Crippen molar-refractivity contribution in [3.8, 4) is 0 Å². The van der Waals surface area contributed by atoms with Crippen LogP contribution in [0.4, 0.5) is 9.59 Å². The van der Waals surface area contributed by atoms with E-state index in [1.165, 1.54) is 10.0 Å². The number of amides is 2. The van der Waals surface area contributed by atoms with E-state index >= 15 is 0 Å². The van der Waals surface area contributed by atoms with Crippen molar-refractivity contribution in [2.45, 2.75) is 64.8 Å². The average Bonchev–Trinajstić information content (AvgIpc) is 3.02. The highest BCUT2D eigenvalue weighted by Gasteiger charge is 2.69. The Balaban J connectivity index is 1.86. The van der Waals surface area contributed by atoms with Gasteiger partial charge in [0.25, 0.3) is 0 Å². The maximum absolute atomic E-state index is 12.4. The van der Waals surface area contributed by atoms with Gasteiger partial charge in [0.05, 0.1) is 24.3 Å². The summed E-state index contributed by atoms with van der Waals surface area (Å²) in [6, 6.07) is -0.179. The summed E-state index contributed by atoms with van der Waals surface area (Å²) in [6.07, 6.45) is 4.66. The van der Waals surface area contributed by atoms with Crippen molar-refractivity contribution in [1.82, 2.24) is 10.0 Å². The molecule has 21 heavy (non-hydrogen) atoms. The van der Waals surface area contributed by atoms with Gasteiger partial charge in [-0.25, -0.2) is 19.6 Å². The van der Waals surface area contributed by atoms with Crippen LogP contribution in [0.15, 0.2) is 12.2 Å². The quantitative estimate of drug-likeness (QED) is 0.735. The molecule has 2 aliphatic carbocycles. The van der Waals surface area contributed by atoms with Gasteiger partial charge in [0.2, 0.25) is 0 Å². The lowest BCUT2D eigenvalue weighted by atomic mass is 9.97. The van der Waals surface area contributed by atoms with Gasteiger partial charge in [-0.1, -0.05) is 12.2 Å². The van der Waals surface area contributed by atoms with E-state index in [1.807, 2.05) is 12.2 Å². The highest BCUT2D eigenvalue weighted by Crippen LogP contribution is 2.63. The number of carbonyl (C=O) groups excluding carboxylic acids is 2. The van der Waals surface area contributed by atoms with Crippen LogP contribution in [0.25, 0.3) is 0 Å². The predicted octanol–water partition coefficient (Wildman–Crippen LogP) is 2.70. The number of hydrogen-bond acceptors (Lipinski definition) is 4. The first-order valence-corrected chi connectivity index (χ1v) is 7.55. The lowest BCUT2D eigenvalue weighted by Gasteiger charge is -2.34. The molecule has 1 spiro atoms. The van der Waals surface area contributed by atoms with E-state index < -0.39 is 12.2 Å². The Morgan fingerprint density at radius 3 is 1.62 bits per heavy atom. The largest absolute Gasteiger partial charge is 0.445 e. The molecule has 6 heteroatoms. The first-order valence-electron chi connectivity index (χ1n) is 7.55. The second-order valence-corrected chi connectivity index (χ2v) is 6.56. The standard InChI is InChI=1S/C15H22N2O4/c1-9(2)20-13(18)16-11-5-6-12(15(11)7-8-15)17(16)14(19)21-10(3)4/h5-6,9-12H,7-8H2,1-4H3/t11-,12+. The van der Waals surface area contributed by atoms with Crippen LogP contribution < -0.4 is 0 Å². The fraction of sp³-hybridized carbons (Fsp3) is 0.733. The highest BCUT2D eigenvalue weighted by atomic mass is 16.6. The van der Waals surface area contributed by atoms with Crippen molar-refractivity contribution < 1.29 is 19.1 Å². The average molecular weight is 294 g/mol. The molecule has 3 aliphatic rings. The molecule has 2 atom stereocenters. The molecule has 0 radical (unpaired) electrons. The molecule has 1 heterocycles. The molecule has 2 bridgehead atoms. The minimum Gasteiger partial charge on any atom is -0.445 e. The Hall–Kier alpha value is -1.72. The molecule has 6 nitrogen and oxygen atoms in total. The SMILES string of the molecule is CC(C)OC(=O)N1[C@H]2C=C[C@@H](N1C(=O)OC(C)C)C21CC1. The zero-order chi connectivity index (χ0) is 15.4. The number of carbonyl (C=O) groups is 2. The van der Waals surface area contributed by atoms with Crippen molar-refractivity contribution in [2.75, 3.05) is 0 Å². The third-order valence-corrected chi connectivity index (χ3v) is 4.29. The van der Waals surface area contributed by atoms with Crippen LogP contribution in [0.5, 0.6) is 0 Å². The molecule has 116 valence electrons. The summed E-state index contributed by atoms with van der Waals surface area (Å²) >= 11 is 0. The molecule has 0 N–H and O–H groups in total. The van der Waals surface area contributed by atoms with Gasteiger partial charge in [-0.05, 0) is 40.5 Å². The van der Waals surface area contributed by atoms with E-state index in [0.29, 0.717) is 0 Å². The first kappa shape index (κ1) is 14.2. The van der Waals surface area contributed by atoms with Gasteiger partial charge in [0, 0.05) is 5.41 Å². The van der Waals surface area contributed by atoms with Crippen molar-refractivity contribution in [3.63, 3.8) is 0 Å². The minimum atomic E-state index is -0.478. The summed E-state index contributed by atoms with van der Waals surface area (Å²) in [4.78, 5) is 24.8. The van der Waals surface area contributed by atoms with E-state index in [4.69, 9.17) is 9.47 Å². The van der Waals surface area contributed by atoms with Crippen molar-refractivity contribution in [2.24, 2.45) is 5.41 Å². The van der Waals surface area contributed by atoms with Gasteiger partial charge < -0.3 is 9.47 Å². The van der Waals surface area contributed by atoms with Crippen molar-refractivity contribution in [1.29, 1.82) is 0 Å². The molecule has 2 amide bonds. The molecule has 0 unspecified atom stereocenters. The molecule has 0 aromatic rings. The lowest BCUT2D eigenvalue weighted by molar-refractivity contribution is -0.0296. The van der Waals surface area contributed by atoms with E-state index in [9.17, 15) is 9.59 Å². The fourth-order valence-electron chi connectivity index (χ4n) is 3.34. The van der Waals surface area contributed by atoms with Gasteiger partial charge in [-0.3, -0.25) is 0 Å². The third-order valence-electron chi connectivity index (χ3n) is 4.29. The second kappa shape index (κ2) is 4.64.